The summed E-state index contributed by atoms with van der Waals surface area (Å²) in [5.74, 6) is 0. The Morgan fingerprint density at radius 3 is 2.79 bits per heavy atom. The lowest BCUT2D eigenvalue weighted by atomic mass is 10.1. The zero-order valence-corrected chi connectivity index (χ0v) is 8.49. The molecule has 0 amide bonds. The molecule has 0 fully saturated rings. The molecule has 0 saturated heterocycles. The topological polar surface area (TPSA) is 26.3 Å². The highest BCUT2D eigenvalue weighted by Crippen LogP contribution is 2.13. The molecule has 0 N–H and O–H groups in total. The van der Waals surface area contributed by atoms with Gasteiger partial charge in [0.2, 0.25) is 0 Å². The summed E-state index contributed by atoms with van der Waals surface area (Å²) in [6, 6.07) is 7.87. The number of carbonyl (C=O) groups excluding carboxylic acids is 1. The second-order valence-corrected chi connectivity index (χ2v) is 3.14. The SMILES string of the molecule is COCc1ccccc1/C=C(\C)C=O. The van der Waals surface area contributed by atoms with Gasteiger partial charge < -0.3 is 4.74 Å². The van der Waals surface area contributed by atoms with Crippen LogP contribution < -0.4 is 0 Å². The van der Waals surface area contributed by atoms with E-state index in [0.29, 0.717) is 12.2 Å². The van der Waals surface area contributed by atoms with E-state index in [-0.39, 0.29) is 0 Å². The molecular weight excluding hydrogens is 176 g/mol. The van der Waals surface area contributed by atoms with Crippen molar-refractivity contribution in [3.05, 3.63) is 41.0 Å². The molecule has 74 valence electrons. The first-order chi connectivity index (χ1) is 6.77. The predicted octanol–water partition coefficient (Wildman–Crippen LogP) is 2.44. The number of rotatable bonds is 4. The van der Waals surface area contributed by atoms with E-state index >= 15 is 0 Å². The number of aldehydes is 1. The molecule has 0 saturated carbocycles. The molecule has 0 aliphatic heterocycles. The van der Waals surface area contributed by atoms with Crippen molar-refractivity contribution in [2.24, 2.45) is 0 Å². The van der Waals surface area contributed by atoms with E-state index in [1.54, 1.807) is 14.0 Å². The number of methoxy groups -OCH3 is 1. The number of allylic oxidation sites excluding steroid dienone is 1. The fraction of sp³-hybridized carbons (Fsp3) is 0.250. The predicted molar refractivity (Wildman–Crippen MR) is 56.9 cm³/mol. The Morgan fingerprint density at radius 2 is 2.14 bits per heavy atom. The molecule has 1 rings (SSSR count). The summed E-state index contributed by atoms with van der Waals surface area (Å²) < 4.78 is 5.07. The molecule has 1 aromatic rings. The van der Waals surface area contributed by atoms with Crippen LogP contribution >= 0.6 is 0 Å². The summed E-state index contributed by atoms with van der Waals surface area (Å²) in [6.07, 6.45) is 2.71. The second-order valence-electron chi connectivity index (χ2n) is 3.14. The van der Waals surface area contributed by atoms with Crippen molar-refractivity contribution in [1.82, 2.24) is 0 Å². The van der Waals surface area contributed by atoms with E-state index in [4.69, 9.17) is 4.74 Å². The number of ether oxygens (including phenoxy) is 1. The molecule has 0 aliphatic rings. The van der Waals surface area contributed by atoms with E-state index in [0.717, 1.165) is 17.4 Å². The summed E-state index contributed by atoms with van der Waals surface area (Å²) in [4.78, 5) is 10.5. The number of hydrogen-bond acceptors (Lipinski definition) is 2. The van der Waals surface area contributed by atoms with Crippen molar-refractivity contribution >= 4 is 12.4 Å². The molecule has 2 heteroatoms. The van der Waals surface area contributed by atoms with Crippen LogP contribution in [0.4, 0.5) is 0 Å². The number of benzene rings is 1. The van der Waals surface area contributed by atoms with E-state index in [1.807, 2.05) is 30.3 Å². The van der Waals surface area contributed by atoms with Gasteiger partial charge in [-0.05, 0) is 29.7 Å². The van der Waals surface area contributed by atoms with Gasteiger partial charge in [0.05, 0.1) is 6.61 Å². The van der Waals surface area contributed by atoms with Gasteiger partial charge >= 0.3 is 0 Å². The van der Waals surface area contributed by atoms with Crippen LogP contribution in [-0.2, 0) is 16.1 Å². The summed E-state index contributed by atoms with van der Waals surface area (Å²) in [5, 5.41) is 0. The first-order valence-electron chi connectivity index (χ1n) is 4.48. The second kappa shape index (κ2) is 5.35. The fourth-order valence-electron chi connectivity index (χ4n) is 1.24. The van der Waals surface area contributed by atoms with Crippen LogP contribution in [0.15, 0.2) is 29.8 Å². The average Bonchev–Trinajstić information content (AvgIpc) is 2.21. The highest BCUT2D eigenvalue weighted by atomic mass is 16.5. The van der Waals surface area contributed by atoms with Crippen LogP contribution in [0, 0.1) is 0 Å². The van der Waals surface area contributed by atoms with Crippen LogP contribution in [0.1, 0.15) is 18.1 Å². The highest BCUT2D eigenvalue weighted by molar-refractivity contribution is 5.81. The van der Waals surface area contributed by atoms with E-state index in [9.17, 15) is 4.79 Å². The quantitative estimate of drug-likeness (QED) is 0.538. The molecule has 0 spiro atoms. The first kappa shape index (κ1) is 10.7. The molecule has 0 bridgehead atoms. The normalized spacial score (nSPS) is 11.4. The Balaban J connectivity index is 3.00. The lowest BCUT2D eigenvalue weighted by Crippen LogP contribution is -1.91. The van der Waals surface area contributed by atoms with Gasteiger partial charge in [-0.2, -0.15) is 0 Å². The van der Waals surface area contributed by atoms with E-state index < -0.39 is 0 Å². The summed E-state index contributed by atoms with van der Waals surface area (Å²) >= 11 is 0. The monoisotopic (exact) mass is 190 g/mol. The van der Waals surface area contributed by atoms with Gasteiger partial charge in [0.25, 0.3) is 0 Å². The van der Waals surface area contributed by atoms with Crippen molar-refractivity contribution in [1.29, 1.82) is 0 Å². The third-order valence-corrected chi connectivity index (χ3v) is 1.92. The molecule has 2 nitrogen and oxygen atoms in total. The van der Waals surface area contributed by atoms with Gasteiger partial charge in [0.15, 0.2) is 0 Å². The Hall–Kier alpha value is -1.41. The van der Waals surface area contributed by atoms with Crippen molar-refractivity contribution in [2.75, 3.05) is 7.11 Å². The Labute approximate surface area is 84.2 Å². The van der Waals surface area contributed by atoms with Gasteiger partial charge in [-0.3, -0.25) is 4.79 Å². The highest BCUT2D eigenvalue weighted by Gasteiger charge is 1.98. The maximum Gasteiger partial charge on any atom is 0.145 e. The number of carbonyl (C=O) groups is 1. The van der Waals surface area contributed by atoms with Crippen LogP contribution in [0.3, 0.4) is 0 Å². The zero-order valence-electron chi connectivity index (χ0n) is 8.49. The molecule has 1 aromatic carbocycles. The van der Waals surface area contributed by atoms with Gasteiger partial charge in [-0.15, -0.1) is 0 Å². The maximum absolute atomic E-state index is 10.5. The van der Waals surface area contributed by atoms with Crippen LogP contribution in [0.5, 0.6) is 0 Å². The Bertz CT molecular complexity index is 340. The third kappa shape index (κ3) is 2.82. The molecule has 0 radical (unpaired) electrons. The van der Waals surface area contributed by atoms with E-state index in [1.165, 1.54) is 0 Å². The minimum absolute atomic E-state index is 0.568. The van der Waals surface area contributed by atoms with Crippen LogP contribution in [0.2, 0.25) is 0 Å². The van der Waals surface area contributed by atoms with E-state index in [2.05, 4.69) is 0 Å². The first-order valence-corrected chi connectivity index (χ1v) is 4.48. The fourth-order valence-corrected chi connectivity index (χ4v) is 1.24. The maximum atomic E-state index is 10.5. The average molecular weight is 190 g/mol. The minimum atomic E-state index is 0.568. The third-order valence-electron chi connectivity index (χ3n) is 1.92. The minimum Gasteiger partial charge on any atom is -0.380 e. The van der Waals surface area contributed by atoms with Crippen molar-refractivity contribution in [3.63, 3.8) is 0 Å². The molecular formula is C12H14O2. The molecule has 0 aromatic heterocycles. The lowest BCUT2D eigenvalue weighted by molar-refractivity contribution is -0.104. The van der Waals surface area contributed by atoms with Crippen molar-refractivity contribution < 1.29 is 9.53 Å². The van der Waals surface area contributed by atoms with Crippen molar-refractivity contribution in [2.45, 2.75) is 13.5 Å². The molecule has 0 atom stereocenters. The van der Waals surface area contributed by atoms with Gasteiger partial charge in [0.1, 0.15) is 6.29 Å². The summed E-state index contributed by atoms with van der Waals surface area (Å²) in [7, 11) is 1.66. The van der Waals surface area contributed by atoms with Gasteiger partial charge in [-0.1, -0.05) is 24.3 Å². The van der Waals surface area contributed by atoms with Crippen LogP contribution in [-0.4, -0.2) is 13.4 Å². The Morgan fingerprint density at radius 1 is 1.43 bits per heavy atom. The summed E-state index contributed by atoms with van der Waals surface area (Å²) in [5.41, 5.74) is 2.85. The standard InChI is InChI=1S/C12H14O2/c1-10(8-13)7-11-5-3-4-6-12(11)9-14-2/h3-8H,9H2,1-2H3/b10-7+. The number of hydrogen-bond donors (Lipinski definition) is 0. The van der Waals surface area contributed by atoms with Crippen molar-refractivity contribution in [3.8, 4) is 0 Å². The molecule has 0 aliphatic carbocycles. The molecule has 0 unspecified atom stereocenters. The molecule has 14 heavy (non-hydrogen) atoms. The Kier molecular flexibility index (Phi) is 4.08. The van der Waals surface area contributed by atoms with Gasteiger partial charge in [0, 0.05) is 7.11 Å². The van der Waals surface area contributed by atoms with Crippen LogP contribution in [0.25, 0.3) is 6.08 Å². The van der Waals surface area contributed by atoms with Gasteiger partial charge in [-0.25, -0.2) is 0 Å². The summed E-state index contributed by atoms with van der Waals surface area (Å²) in [6.45, 7) is 2.36. The largest absolute Gasteiger partial charge is 0.380 e. The zero-order chi connectivity index (χ0) is 10.4. The smallest absolute Gasteiger partial charge is 0.145 e. The lowest BCUT2D eigenvalue weighted by Gasteiger charge is -2.04. The molecule has 0 heterocycles.